The van der Waals surface area contributed by atoms with Gasteiger partial charge in [0, 0.05) is 38.2 Å². The first-order valence-electron chi connectivity index (χ1n) is 9.30. The summed E-state index contributed by atoms with van der Waals surface area (Å²) >= 11 is 0. The number of amides is 1. The average Bonchev–Trinajstić information content (AvgIpc) is 3.12. The number of nitrogens with one attached hydrogen (secondary N) is 2. The zero-order valence-electron chi connectivity index (χ0n) is 16.5. The molecule has 156 valence electrons. The third-order valence-electron chi connectivity index (χ3n) is 4.44. The van der Waals surface area contributed by atoms with Gasteiger partial charge >= 0.3 is 0 Å². The van der Waals surface area contributed by atoms with Crippen molar-refractivity contribution in [3.05, 3.63) is 70.0 Å². The number of pyridine rings is 1. The van der Waals surface area contributed by atoms with Gasteiger partial charge < -0.3 is 10.1 Å². The van der Waals surface area contributed by atoms with Crippen molar-refractivity contribution in [2.75, 3.05) is 20.3 Å². The van der Waals surface area contributed by atoms with Crippen LogP contribution in [-0.2, 0) is 11.3 Å². The molecular formula is C21H22FN5O3. The van der Waals surface area contributed by atoms with Crippen LogP contribution >= 0.6 is 0 Å². The molecule has 0 fully saturated rings. The zero-order valence-corrected chi connectivity index (χ0v) is 16.5. The minimum Gasteiger partial charge on any atom is -0.385 e. The highest BCUT2D eigenvalue weighted by Gasteiger charge is 2.15. The van der Waals surface area contributed by atoms with Crippen molar-refractivity contribution < 1.29 is 13.9 Å². The quantitative estimate of drug-likeness (QED) is 0.417. The molecule has 0 aliphatic rings. The molecule has 8 nitrogen and oxygen atoms in total. The number of carbonyl (C=O) groups excluding carboxylic acids is 1. The SMILES string of the molecule is C=NCc1ccc(-c2c[nH]n(-c3ccc(C(=O)NCCCOC)cn3)c2=O)c(F)c1. The van der Waals surface area contributed by atoms with Gasteiger partial charge in [-0.2, -0.15) is 0 Å². The Morgan fingerprint density at radius 2 is 2.17 bits per heavy atom. The van der Waals surface area contributed by atoms with Gasteiger partial charge in [-0.15, -0.1) is 0 Å². The fraction of sp³-hybridized carbons (Fsp3) is 0.238. The molecule has 0 atom stereocenters. The van der Waals surface area contributed by atoms with E-state index in [1.807, 2.05) is 0 Å². The van der Waals surface area contributed by atoms with E-state index in [-0.39, 0.29) is 22.9 Å². The Hall–Kier alpha value is -3.59. The second-order valence-corrected chi connectivity index (χ2v) is 6.53. The van der Waals surface area contributed by atoms with Gasteiger partial charge in [0.2, 0.25) is 0 Å². The maximum absolute atomic E-state index is 14.5. The van der Waals surface area contributed by atoms with Gasteiger partial charge in [0.25, 0.3) is 11.5 Å². The monoisotopic (exact) mass is 411 g/mol. The summed E-state index contributed by atoms with van der Waals surface area (Å²) in [4.78, 5) is 32.8. The molecule has 0 aliphatic carbocycles. The molecule has 0 bridgehead atoms. The molecule has 3 aromatic rings. The lowest BCUT2D eigenvalue weighted by Crippen LogP contribution is -2.25. The highest BCUT2D eigenvalue weighted by Crippen LogP contribution is 2.21. The molecule has 0 spiro atoms. The predicted molar refractivity (Wildman–Crippen MR) is 112 cm³/mol. The summed E-state index contributed by atoms with van der Waals surface area (Å²) in [6.45, 7) is 4.73. The molecule has 2 aromatic heterocycles. The van der Waals surface area contributed by atoms with Crippen LogP contribution in [0, 0.1) is 5.82 Å². The lowest BCUT2D eigenvalue weighted by atomic mass is 10.1. The zero-order chi connectivity index (χ0) is 21.5. The molecule has 1 aromatic carbocycles. The fourth-order valence-electron chi connectivity index (χ4n) is 2.91. The molecule has 0 radical (unpaired) electrons. The molecule has 1 amide bonds. The van der Waals surface area contributed by atoms with Crippen molar-refractivity contribution in [3.63, 3.8) is 0 Å². The highest BCUT2D eigenvalue weighted by atomic mass is 19.1. The minimum absolute atomic E-state index is 0.173. The van der Waals surface area contributed by atoms with E-state index in [2.05, 4.69) is 27.1 Å². The number of hydrogen-bond acceptors (Lipinski definition) is 5. The first-order chi connectivity index (χ1) is 14.5. The van der Waals surface area contributed by atoms with Crippen LogP contribution in [0.4, 0.5) is 4.39 Å². The van der Waals surface area contributed by atoms with Crippen molar-refractivity contribution in [3.8, 4) is 16.9 Å². The lowest BCUT2D eigenvalue weighted by Gasteiger charge is -2.06. The molecule has 2 N–H and O–H groups in total. The number of benzene rings is 1. The Bertz CT molecular complexity index is 1090. The number of hydrogen-bond donors (Lipinski definition) is 2. The van der Waals surface area contributed by atoms with E-state index in [1.165, 1.54) is 29.2 Å². The second-order valence-electron chi connectivity index (χ2n) is 6.53. The van der Waals surface area contributed by atoms with E-state index in [0.29, 0.717) is 37.2 Å². The third-order valence-corrected chi connectivity index (χ3v) is 4.44. The van der Waals surface area contributed by atoms with Crippen LogP contribution in [0.2, 0.25) is 0 Å². The van der Waals surface area contributed by atoms with E-state index in [0.717, 1.165) is 0 Å². The number of H-pyrrole nitrogens is 1. The number of methoxy groups -OCH3 is 1. The number of aromatic nitrogens is 3. The summed E-state index contributed by atoms with van der Waals surface area (Å²) in [5, 5.41) is 5.55. The van der Waals surface area contributed by atoms with Crippen molar-refractivity contribution in [1.82, 2.24) is 20.1 Å². The molecule has 3 rings (SSSR count). The molecule has 2 heterocycles. The Morgan fingerprint density at radius 3 is 2.83 bits per heavy atom. The van der Waals surface area contributed by atoms with Crippen molar-refractivity contribution >= 4 is 12.6 Å². The van der Waals surface area contributed by atoms with Gasteiger partial charge in [-0.25, -0.2) is 14.1 Å². The van der Waals surface area contributed by atoms with Crippen LogP contribution in [0.5, 0.6) is 0 Å². The summed E-state index contributed by atoms with van der Waals surface area (Å²) in [6.07, 6.45) is 3.51. The number of aliphatic imine (C=N–C) groups is 1. The molecular weight excluding hydrogens is 389 g/mol. The summed E-state index contributed by atoms with van der Waals surface area (Å²) in [7, 11) is 1.60. The van der Waals surface area contributed by atoms with Gasteiger partial charge in [0.15, 0.2) is 5.82 Å². The number of halogens is 1. The topological polar surface area (TPSA) is 101 Å². The minimum atomic E-state index is -0.521. The number of carbonyl (C=O) groups is 1. The Balaban J connectivity index is 1.78. The number of aromatic amines is 1. The highest BCUT2D eigenvalue weighted by molar-refractivity contribution is 5.93. The van der Waals surface area contributed by atoms with E-state index in [4.69, 9.17) is 4.74 Å². The number of nitrogens with zero attached hydrogens (tertiary/aromatic N) is 3. The summed E-state index contributed by atoms with van der Waals surface area (Å²) < 4.78 is 20.6. The van der Waals surface area contributed by atoms with Gasteiger partial charge in [0.05, 0.1) is 17.7 Å². The van der Waals surface area contributed by atoms with E-state index in [1.54, 1.807) is 25.3 Å². The fourth-order valence-corrected chi connectivity index (χ4v) is 2.91. The van der Waals surface area contributed by atoms with Crippen molar-refractivity contribution in [2.24, 2.45) is 4.99 Å². The molecule has 9 heteroatoms. The largest absolute Gasteiger partial charge is 0.385 e. The first kappa shape index (κ1) is 21.1. The molecule has 0 saturated carbocycles. The molecule has 0 unspecified atom stereocenters. The van der Waals surface area contributed by atoms with Crippen LogP contribution in [0.1, 0.15) is 22.3 Å². The van der Waals surface area contributed by atoms with Gasteiger partial charge in [0.1, 0.15) is 5.82 Å². The maximum Gasteiger partial charge on any atom is 0.280 e. The average molecular weight is 411 g/mol. The Morgan fingerprint density at radius 1 is 1.33 bits per heavy atom. The third kappa shape index (κ3) is 4.69. The van der Waals surface area contributed by atoms with Crippen LogP contribution < -0.4 is 10.9 Å². The first-order valence-corrected chi connectivity index (χ1v) is 9.30. The number of ether oxygens (including phenoxy) is 1. The molecule has 0 aliphatic heterocycles. The van der Waals surface area contributed by atoms with Crippen LogP contribution in [0.3, 0.4) is 0 Å². The maximum atomic E-state index is 14.5. The van der Waals surface area contributed by atoms with Gasteiger partial charge in [-0.1, -0.05) is 12.1 Å². The smallest absolute Gasteiger partial charge is 0.280 e. The molecule has 0 saturated heterocycles. The van der Waals surface area contributed by atoms with Gasteiger partial charge in [-0.05, 0) is 36.9 Å². The predicted octanol–water partition coefficient (Wildman–Crippen LogP) is 2.33. The van der Waals surface area contributed by atoms with Gasteiger partial charge in [-0.3, -0.25) is 19.7 Å². The van der Waals surface area contributed by atoms with E-state index >= 15 is 0 Å². The van der Waals surface area contributed by atoms with Crippen LogP contribution in [0.15, 0.2) is 52.5 Å². The van der Waals surface area contributed by atoms with E-state index < -0.39 is 11.4 Å². The molecule has 30 heavy (non-hydrogen) atoms. The number of rotatable bonds is 9. The normalized spacial score (nSPS) is 10.7. The summed E-state index contributed by atoms with van der Waals surface area (Å²) in [5.41, 5.74) is 0.934. The summed E-state index contributed by atoms with van der Waals surface area (Å²) in [6, 6.07) is 7.68. The van der Waals surface area contributed by atoms with Crippen LogP contribution in [-0.4, -0.2) is 47.7 Å². The lowest BCUT2D eigenvalue weighted by molar-refractivity contribution is 0.0948. The second kappa shape index (κ2) is 9.75. The van der Waals surface area contributed by atoms with Crippen LogP contribution in [0.25, 0.3) is 16.9 Å². The van der Waals surface area contributed by atoms with Crippen molar-refractivity contribution in [2.45, 2.75) is 13.0 Å². The Labute approximate surface area is 172 Å². The summed E-state index contributed by atoms with van der Waals surface area (Å²) in [5.74, 6) is -0.497. The van der Waals surface area contributed by atoms with E-state index in [9.17, 15) is 14.0 Å². The standard InChI is InChI=1S/C21H22FN5O3/c1-23-11-14-4-6-16(18(22)10-14)17-13-26-27(21(17)29)19-7-5-15(12-25-19)20(28)24-8-3-9-30-2/h4-7,10,12-13,26H,1,3,8-9,11H2,2H3,(H,24,28). The van der Waals surface area contributed by atoms with Crippen molar-refractivity contribution in [1.29, 1.82) is 0 Å². The Kier molecular flexibility index (Phi) is 6.87.